The van der Waals surface area contributed by atoms with Crippen LogP contribution >= 0.6 is 0 Å². The van der Waals surface area contributed by atoms with Crippen LogP contribution in [0.1, 0.15) is 30.9 Å². The molecule has 1 aliphatic heterocycles. The summed E-state index contributed by atoms with van der Waals surface area (Å²) in [4.78, 5) is 30.7. The normalized spacial score (nSPS) is 17.9. The maximum absolute atomic E-state index is 12.8. The van der Waals surface area contributed by atoms with E-state index in [1.54, 1.807) is 9.58 Å². The molecule has 0 spiro atoms. The Morgan fingerprint density at radius 1 is 1.33 bits per heavy atom. The summed E-state index contributed by atoms with van der Waals surface area (Å²) >= 11 is 0. The van der Waals surface area contributed by atoms with Crippen molar-refractivity contribution in [2.24, 2.45) is 5.92 Å². The van der Waals surface area contributed by atoms with Crippen LogP contribution in [-0.2, 0) is 4.79 Å². The quantitative estimate of drug-likeness (QED) is 0.916. The Kier molecular flexibility index (Phi) is 4.59. The van der Waals surface area contributed by atoms with Gasteiger partial charge in [-0.2, -0.15) is 0 Å². The SMILES string of the molecule is CC(C)CC1C(=O)NCCN1C(=O)c1ncn(-c2ccccc2)n1. The molecule has 1 fully saturated rings. The van der Waals surface area contributed by atoms with Crippen molar-refractivity contribution in [3.05, 3.63) is 42.5 Å². The Labute approximate surface area is 140 Å². The Hall–Kier alpha value is -2.70. The van der Waals surface area contributed by atoms with Crippen LogP contribution in [0.4, 0.5) is 0 Å². The summed E-state index contributed by atoms with van der Waals surface area (Å²) in [5.74, 6) is 0.0160. The van der Waals surface area contributed by atoms with Gasteiger partial charge in [-0.05, 0) is 24.5 Å². The molecule has 1 saturated heterocycles. The van der Waals surface area contributed by atoms with E-state index in [0.29, 0.717) is 25.4 Å². The number of para-hydroxylation sites is 1. The lowest BCUT2D eigenvalue weighted by atomic mass is 10.00. The van der Waals surface area contributed by atoms with Gasteiger partial charge in [0.15, 0.2) is 0 Å². The first-order valence-corrected chi connectivity index (χ1v) is 8.12. The van der Waals surface area contributed by atoms with Gasteiger partial charge in [-0.1, -0.05) is 32.0 Å². The van der Waals surface area contributed by atoms with Crippen LogP contribution in [-0.4, -0.2) is 50.6 Å². The first-order chi connectivity index (χ1) is 11.6. The van der Waals surface area contributed by atoms with Crippen molar-refractivity contribution >= 4 is 11.8 Å². The number of benzene rings is 1. The Balaban J connectivity index is 1.82. The van der Waals surface area contributed by atoms with Crippen molar-refractivity contribution < 1.29 is 9.59 Å². The van der Waals surface area contributed by atoms with Crippen molar-refractivity contribution in [3.8, 4) is 5.69 Å². The van der Waals surface area contributed by atoms with Gasteiger partial charge in [0.1, 0.15) is 12.4 Å². The van der Waals surface area contributed by atoms with Crippen molar-refractivity contribution in [2.75, 3.05) is 13.1 Å². The highest BCUT2D eigenvalue weighted by atomic mass is 16.2. The molecular formula is C17H21N5O2. The molecule has 2 amide bonds. The predicted molar refractivity (Wildman–Crippen MR) is 88.6 cm³/mol. The van der Waals surface area contributed by atoms with Gasteiger partial charge in [0.05, 0.1) is 5.69 Å². The summed E-state index contributed by atoms with van der Waals surface area (Å²) in [5, 5.41) is 7.10. The molecule has 7 nitrogen and oxygen atoms in total. The van der Waals surface area contributed by atoms with Crippen LogP contribution in [0.25, 0.3) is 5.69 Å². The first-order valence-electron chi connectivity index (χ1n) is 8.12. The lowest BCUT2D eigenvalue weighted by Crippen LogP contribution is -2.57. The molecule has 126 valence electrons. The molecule has 0 aliphatic carbocycles. The molecule has 1 aliphatic rings. The van der Waals surface area contributed by atoms with Crippen molar-refractivity contribution in [1.29, 1.82) is 0 Å². The average molecular weight is 327 g/mol. The molecule has 2 heterocycles. The number of piperazine rings is 1. The zero-order valence-electron chi connectivity index (χ0n) is 13.8. The van der Waals surface area contributed by atoms with E-state index in [1.165, 1.54) is 6.33 Å². The van der Waals surface area contributed by atoms with Gasteiger partial charge in [0.25, 0.3) is 5.91 Å². The first kappa shape index (κ1) is 16.2. The van der Waals surface area contributed by atoms with Gasteiger partial charge in [-0.3, -0.25) is 9.59 Å². The summed E-state index contributed by atoms with van der Waals surface area (Å²) in [5.41, 5.74) is 0.833. The Morgan fingerprint density at radius 3 is 2.79 bits per heavy atom. The van der Waals surface area contributed by atoms with Crippen LogP contribution in [0.15, 0.2) is 36.7 Å². The van der Waals surface area contributed by atoms with Gasteiger partial charge in [0, 0.05) is 13.1 Å². The second kappa shape index (κ2) is 6.82. The minimum absolute atomic E-state index is 0.106. The summed E-state index contributed by atoms with van der Waals surface area (Å²) in [7, 11) is 0. The van der Waals surface area contributed by atoms with E-state index < -0.39 is 6.04 Å². The van der Waals surface area contributed by atoms with Gasteiger partial charge >= 0.3 is 0 Å². The molecule has 3 rings (SSSR count). The molecule has 7 heteroatoms. The fourth-order valence-electron chi connectivity index (χ4n) is 2.83. The van der Waals surface area contributed by atoms with Crippen LogP contribution in [0, 0.1) is 5.92 Å². The van der Waals surface area contributed by atoms with E-state index in [9.17, 15) is 9.59 Å². The summed E-state index contributed by atoms with van der Waals surface area (Å²) in [6.07, 6.45) is 2.14. The fourth-order valence-corrected chi connectivity index (χ4v) is 2.83. The molecule has 0 bridgehead atoms. The lowest BCUT2D eigenvalue weighted by Gasteiger charge is -2.35. The summed E-state index contributed by atoms with van der Waals surface area (Å²) in [6.45, 7) is 5.00. The van der Waals surface area contributed by atoms with Gasteiger partial charge in [-0.15, -0.1) is 5.10 Å². The molecule has 1 aromatic carbocycles. The third-order valence-corrected chi connectivity index (χ3v) is 3.99. The average Bonchev–Trinajstić information content (AvgIpc) is 3.06. The van der Waals surface area contributed by atoms with Gasteiger partial charge in [0.2, 0.25) is 11.7 Å². The van der Waals surface area contributed by atoms with E-state index in [2.05, 4.69) is 15.4 Å². The Morgan fingerprint density at radius 2 is 2.08 bits per heavy atom. The summed E-state index contributed by atoms with van der Waals surface area (Å²) in [6, 6.07) is 9.01. The molecular weight excluding hydrogens is 306 g/mol. The number of aromatic nitrogens is 3. The molecule has 1 atom stereocenters. The smallest absolute Gasteiger partial charge is 0.294 e. The zero-order valence-corrected chi connectivity index (χ0v) is 13.8. The molecule has 0 radical (unpaired) electrons. The number of hydrogen-bond donors (Lipinski definition) is 1. The standard InChI is InChI=1S/C17H21N5O2/c1-12(2)10-14-16(23)18-8-9-21(14)17(24)15-19-11-22(20-15)13-6-4-3-5-7-13/h3-7,11-12,14H,8-10H2,1-2H3,(H,18,23). The minimum atomic E-state index is -0.463. The van der Waals surface area contributed by atoms with Gasteiger partial charge < -0.3 is 10.2 Å². The number of hydrogen-bond acceptors (Lipinski definition) is 4. The number of nitrogens with zero attached hydrogens (tertiary/aromatic N) is 4. The highest BCUT2D eigenvalue weighted by Crippen LogP contribution is 2.17. The molecule has 2 aromatic rings. The van der Waals surface area contributed by atoms with Crippen molar-refractivity contribution in [1.82, 2.24) is 25.0 Å². The lowest BCUT2D eigenvalue weighted by molar-refractivity contribution is -0.128. The highest BCUT2D eigenvalue weighted by molar-refractivity contribution is 5.95. The van der Waals surface area contributed by atoms with E-state index in [0.717, 1.165) is 5.69 Å². The van der Waals surface area contributed by atoms with E-state index in [-0.39, 0.29) is 17.6 Å². The topological polar surface area (TPSA) is 80.1 Å². The summed E-state index contributed by atoms with van der Waals surface area (Å²) < 4.78 is 1.56. The van der Waals surface area contributed by atoms with Crippen LogP contribution < -0.4 is 5.32 Å². The monoisotopic (exact) mass is 327 g/mol. The van der Waals surface area contributed by atoms with Crippen LogP contribution in [0.3, 0.4) is 0 Å². The van der Waals surface area contributed by atoms with Gasteiger partial charge in [-0.25, -0.2) is 9.67 Å². The second-order valence-electron chi connectivity index (χ2n) is 6.28. The second-order valence-corrected chi connectivity index (χ2v) is 6.28. The number of carbonyl (C=O) groups excluding carboxylic acids is 2. The third-order valence-electron chi connectivity index (χ3n) is 3.99. The molecule has 1 N–H and O–H groups in total. The van der Waals surface area contributed by atoms with Crippen LogP contribution in [0.2, 0.25) is 0 Å². The van der Waals surface area contributed by atoms with E-state index in [1.807, 2.05) is 44.2 Å². The number of amides is 2. The number of carbonyl (C=O) groups is 2. The predicted octanol–water partition coefficient (Wildman–Crippen LogP) is 1.25. The highest BCUT2D eigenvalue weighted by Gasteiger charge is 2.35. The molecule has 1 aromatic heterocycles. The van der Waals surface area contributed by atoms with Crippen molar-refractivity contribution in [2.45, 2.75) is 26.3 Å². The minimum Gasteiger partial charge on any atom is -0.353 e. The largest absolute Gasteiger partial charge is 0.353 e. The third kappa shape index (κ3) is 3.29. The van der Waals surface area contributed by atoms with Crippen LogP contribution in [0.5, 0.6) is 0 Å². The molecule has 0 saturated carbocycles. The molecule has 1 unspecified atom stereocenters. The molecule has 24 heavy (non-hydrogen) atoms. The Bertz CT molecular complexity index is 726. The zero-order chi connectivity index (χ0) is 17.1. The number of nitrogens with one attached hydrogen (secondary N) is 1. The maximum Gasteiger partial charge on any atom is 0.294 e. The van der Waals surface area contributed by atoms with Crippen molar-refractivity contribution in [3.63, 3.8) is 0 Å². The van der Waals surface area contributed by atoms with E-state index in [4.69, 9.17) is 0 Å². The maximum atomic E-state index is 12.8. The fraction of sp³-hybridized carbons (Fsp3) is 0.412. The number of rotatable bonds is 4. The van der Waals surface area contributed by atoms with E-state index >= 15 is 0 Å².